The average Bonchev–Trinajstić information content (AvgIpc) is 2.81. The molecule has 10 heteroatoms. The predicted molar refractivity (Wildman–Crippen MR) is 126 cm³/mol. The second-order valence-corrected chi connectivity index (χ2v) is 8.70. The maximum Gasteiger partial charge on any atom is 0.335 e. The highest BCUT2D eigenvalue weighted by Gasteiger charge is 2.38. The minimum Gasteiger partial charge on any atom is -0.588 e. The molecule has 0 saturated heterocycles. The van der Waals surface area contributed by atoms with Crippen LogP contribution < -0.4 is 10.0 Å². The van der Waals surface area contributed by atoms with Crippen molar-refractivity contribution in [1.29, 1.82) is 0 Å². The lowest BCUT2D eigenvalue weighted by atomic mass is 10.0. The molecule has 4 rings (SSSR count). The van der Waals surface area contributed by atoms with E-state index in [1.54, 1.807) is 43.4 Å². The number of aromatic carboxylic acids is 1. The predicted octanol–water partition coefficient (Wildman–Crippen LogP) is 3.56. The summed E-state index contributed by atoms with van der Waals surface area (Å²) in [6, 6.07) is 14.1. The Morgan fingerprint density at radius 3 is 2.39 bits per heavy atom. The van der Waals surface area contributed by atoms with Crippen molar-refractivity contribution < 1.29 is 24.0 Å². The normalized spacial score (nSPS) is 16.0. The van der Waals surface area contributed by atoms with E-state index in [-0.39, 0.29) is 16.0 Å². The van der Waals surface area contributed by atoms with Crippen LogP contribution in [0.2, 0.25) is 5.02 Å². The number of fused-ring (bicyclic) bond motifs is 1. The van der Waals surface area contributed by atoms with Crippen LogP contribution in [-0.4, -0.2) is 39.4 Å². The number of Topliss-reactive ketones (excluding diaryl/α,β-unsaturated/α-hetero) is 1. The summed E-state index contributed by atoms with van der Waals surface area (Å²) in [5.41, 5.74) is 6.74. The van der Waals surface area contributed by atoms with Crippen molar-refractivity contribution in [2.45, 2.75) is 0 Å². The van der Waals surface area contributed by atoms with Gasteiger partial charge in [0, 0.05) is 29.1 Å². The van der Waals surface area contributed by atoms with Gasteiger partial charge in [0.1, 0.15) is 11.4 Å². The third-order valence-electron chi connectivity index (χ3n) is 4.60. The lowest BCUT2D eigenvalue weighted by Crippen LogP contribution is -2.36. The molecule has 0 radical (unpaired) electrons. The minimum absolute atomic E-state index is 0.00490. The number of nitrogens with zero attached hydrogens (tertiary/aromatic N) is 2. The van der Waals surface area contributed by atoms with E-state index in [0.29, 0.717) is 21.8 Å². The monoisotopic (exact) mass is 483 g/mol. The molecule has 3 aromatic rings. The van der Waals surface area contributed by atoms with Gasteiger partial charge in [-0.05, 0) is 48.0 Å². The summed E-state index contributed by atoms with van der Waals surface area (Å²) in [4.78, 5) is 38.1. The minimum atomic E-state index is -1.68. The van der Waals surface area contributed by atoms with Gasteiger partial charge in [-0.1, -0.05) is 23.7 Å². The molecule has 0 spiro atoms. The van der Waals surface area contributed by atoms with Crippen LogP contribution in [0.1, 0.15) is 36.6 Å². The second kappa shape index (κ2) is 10.3. The van der Waals surface area contributed by atoms with E-state index < -0.39 is 29.0 Å². The number of primary amides is 1. The van der Waals surface area contributed by atoms with E-state index in [9.17, 15) is 18.9 Å². The number of carboxylic acid groups (broad SMARTS) is 1. The topological polar surface area (TPSA) is 137 Å². The van der Waals surface area contributed by atoms with Crippen molar-refractivity contribution in [3.8, 4) is 0 Å². The molecule has 2 aromatic carbocycles. The van der Waals surface area contributed by atoms with E-state index in [0.717, 1.165) is 0 Å². The third-order valence-corrected chi connectivity index (χ3v) is 6.21. The number of carbonyl (C=O) groups excluding carboxylic acids is 2. The zero-order valence-corrected chi connectivity index (χ0v) is 18.8. The quantitative estimate of drug-likeness (QED) is 0.429. The Labute approximate surface area is 197 Å². The lowest BCUT2D eigenvalue weighted by Gasteiger charge is -2.29. The summed E-state index contributed by atoms with van der Waals surface area (Å²) >= 11 is 4.25. The fraction of sp³-hybridized carbons (Fsp3) is 0.0435. The first-order chi connectivity index (χ1) is 15.7. The molecule has 0 aliphatic carbocycles. The molecule has 0 saturated carbocycles. The van der Waals surface area contributed by atoms with Gasteiger partial charge in [-0.2, -0.15) is 4.31 Å². The largest absolute Gasteiger partial charge is 0.588 e. The van der Waals surface area contributed by atoms with Crippen LogP contribution >= 0.6 is 11.6 Å². The molecule has 1 aromatic heterocycles. The number of aromatic nitrogens is 1. The van der Waals surface area contributed by atoms with Crippen molar-refractivity contribution >= 4 is 52.4 Å². The van der Waals surface area contributed by atoms with Crippen molar-refractivity contribution in [1.82, 2.24) is 4.98 Å². The van der Waals surface area contributed by atoms with Crippen molar-refractivity contribution in [2.24, 2.45) is 5.73 Å². The number of halogens is 1. The van der Waals surface area contributed by atoms with Gasteiger partial charge < -0.3 is 15.4 Å². The van der Waals surface area contributed by atoms with E-state index in [2.05, 4.69) is 4.98 Å². The highest BCUT2D eigenvalue weighted by molar-refractivity contribution is 7.97. The number of carbonyl (C=O) groups is 3. The fourth-order valence-corrected chi connectivity index (χ4v) is 4.29. The Balaban J connectivity index is 0.000000286. The average molecular weight is 484 g/mol. The molecule has 1 amide bonds. The van der Waals surface area contributed by atoms with Crippen molar-refractivity contribution in [3.63, 3.8) is 0 Å². The highest BCUT2D eigenvalue weighted by Crippen LogP contribution is 2.35. The maximum absolute atomic E-state index is 12.7. The van der Waals surface area contributed by atoms with Gasteiger partial charge in [-0.25, -0.2) is 4.79 Å². The van der Waals surface area contributed by atoms with Crippen LogP contribution in [0, 0.1) is 0 Å². The Bertz CT molecular complexity index is 1250. The number of ketones is 1. The summed E-state index contributed by atoms with van der Waals surface area (Å²) in [6.45, 7) is 0. The summed E-state index contributed by atoms with van der Waals surface area (Å²) < 4.78 is 14.0. The number of carboxylic acids is 1. The zero-order chi connectivity index (χ0) is 24.1. The smallest absolute Gasteiger partial charge is 0.335 e. The molecule has 1 atom stereocenters. The lowest BCUT2D eigenvalue weighted by molar-refractivity contribution is 0.0696. The number of hydrogen-bond donors (Lipinski definition) is 2. The highest BCUT2D eigenvalue weighted by atomic mass is 35.5. The molecule has 33 heavy (non-hydrogen) atoms. The first-order valence-electron chi connectivity index (χ1n) is 9.43. The van der Waals surface area contributed by atoms with Gasteiger partial charge in [0.25, 0.3) is 0 Å². The fourth-order valence-electron chi connectivity index (χ4n) is 2.95. The van der Waals surface area contributed by atoms with Crippen LogP contribution in [0.15, 0.2) is 71.9 Å². The molecule has 1 aliphatic heterocycles. The number of nitrogens with two attached hydrogens (primary N) is 1. The molecule has 168 valence electrons. The summed E-state index contributed by atoms with van der Waals surface area (Å²) in [5.74, 6) is -2.00. The Kier molecular flexibility index (Phi) is 7.49. The molecular formula is C23H18ClN3O5S. The van der Waals surface area contributed by atoms with Crippen LogP contribution in [0.5, 0.6) is 0 Å². The van der Waals surface area contributed by atoms with Gasteiger partial charge in [0.15, 0.2) is 0 Å². The molecule has 1 unspecified atom stereocenters. The number of pyridine rings is 1. The van der Waals surface area contributed by atoms with E-state index >= 15 is 0 Å². The van der Waals surface area contributed by atoms with E-state index in [4.69, 9.17) is 22.4 Å². The molecule has 3 N–H and O–H groups in total. The molecule has 0 fully saturated rings. The number of anilines is 1. The second-order valence-electron chi connectivity index (χ2n) is 6.78. The van der Waals surface area contributed by atoms with Crippen LogP contribution in [0.4, 0.5) is 5.69 Å². The summed E-state index contributed by atoms with van der Waals surface area (Å²) in [7, 11) is 1.59. The Morgan fingerprint density at radius 1 is 1.12 bits per heavy atom. The molecule has 1 aliphatic rings. The van der Waals surface area contributed by atoms with E-state index in [1.807, 2.05) is 0 Å². The van der Waals surface area contributed by atoms with Crippen LogP contribution in [-0.2, 0) is 11.4 Å². The number of rotatable bonds is 3. The van der Waals surface area contributed by atoms with Gasteiger partial charge >= 0.3 is 5.97 Å². The first-order valence-corrected chi connectivity index (χ1v) is 10.9. The number of allylic oxidation sites excluding steroid dienone is 1. The van der Waals surface area contributed by atoms with E-state index in [1.165, 1.54) is 41.0 Å². The molecule has 0 bridgehead atoms. The first kappa shape index (κ1) is 24.0. The zero-order valence-electron chi connectivity index (χ0n) is 17.3. The summed E-state index contributed by atoms with van der Waals surface area (Å²) in [5, 5.41) is 9.61. The molecule has 2 heterocycles. The van der Waals surface area contributed by atoms with Gasteiger partial charge in [0.05, 0.1) is 23.9 Å². The Morgan fingerprint density at radius 2 is 1.82 bits per heavy atom. The third kappa shape index (κ3) is 5.58. The standard InChI is InChI=1S/C17H12ClNO4S.C6H6N2O/c1-19-14-6-5-11(17(21)22)9-13(14)16(20)15(24(19)23)8-10-3-2-4-12(18)7-10;7-6(9)5-1-3-8-4-2-5/h2-9H,1H3,(H,21,22);1-4H,(H2,7,9)/b15-8-;. The molecular weight excluding hydrogens is 466 g/mol. The Hall–Kier alpha value is -3.66. The van der Waals surface area contributed by atoms with Crippen molar-refractivity contribution in [3.05, 3.63) is 99.2 Å². The van der Waals surface area contributed by atoms with Crippen LogP contribution in [0.3, 0.4) is 0 Å². The molecule has 8 nitrogen and oxygen atoms in total. The number of benzene rings is 2. The maximum atomic E-state index is 12.7. The van der Waals surface area contributed by atoms with Gasteiger partial charge in [-0.15, -0.1) is 0 Å². The number of hydrogen-bond acceptors (Lipinski definition) is 6. The van der Waals surface area contributed by atoms with Crippen LogP contribution in [0.25, 0.3) is 6.08 Å². The number of amides is 1. The van der Waals surface area contributed by atoms with Gasteiger partial charge in [-0.3, -0.25) is 14.6 Å². The SMILES string of the molecule is CN1c2ccc(C(=O)O)cc2C(=O)/C(=C/c2cccc(Cl)c2)[S+]1[O-].NC(=O)c1ccncc1. The van der Waals surface area contributed by atoms with Gasteiger partial charge in [0.2, 0.25) is 16.6 Å². The van der Waals surface area contributed by atoms with Crippen molar-refractivity contribution in [2.75, 3.05) is 11.4 Å². The summed E-state index contributed by atoms with van der Waals surface area (Å²) in [6.07, 6.45) is 4.57.